The van der Waals surface area contributed by atoms with Gasteiger partial charge in [-0.15, -0.1) is 5.10 Å². The molecule has 16 heavy (non-hydrogen) atoms. The van der Waals surface area contributed by atoms with Crippen molar-refractivity contribution in [2.45, 2.75) is 19.1 Å². The average Bonchev–Trinajstić information content (AvgIpc) is 2.44. The zero-order chi connectivity index (χ0) is 12.5. The zero-order valence-electron chi connectivity index (χ0n) is 7.50. The van der Waals surface area contributed by atoms with Crippen LogP contribution < -0.4 is 5.73 Å². The van der Waals surface area contributed by atoms with E-state index in [4.69, 9.17) is 5.73 Å². The summed E-state index contributed by atoms with van der Waals surface area (Å²) in [6.07, 6.45) is -7.86. The van der Waals surface area contributed by atoms with Crippen LogP contribution in [0.2, 0.25) is 0 Å². The molecule has 0 aliphatic heterocycles. The second-order valence-corrected chi connectivity index (χ2v) is 3.20. The largest absolute Gasteiger partial charge is 0.408 e. The lowest BCUT2D eigenvalue weighted by Gasteiger charge is -2.09. The molecule has 4 nitrogen and oxygen atoms in total. The second kappa shape index (κ2) is 4.28. The molecule has 0 aromatic carbocycles. The summed E-state index contributed by atoms with van der Waals surface area (Å²) in [4.78, 5) is -0.524. The molecule has 0 amide bonds. The van der Waals surface area contributed by atoms with Gasteiger partial charge in [-0.3, -0.25) is 0 Å². The van der Waals surface area contributed by atoms with Gasteiger partial charge in [0.1, 0.15) is 22.9 Å². The Hall–Kier alpha value is -1.32. The number of nitrogens with two attached hydrogens (primary N) is 1. The minimum Gasteiger partial charge on any atom is -0.388 e. The van der Waals surface area contributed by atoms with Crippen LogP contribution in [-0.2, 0) is 6.54 Å². The number of thiocarbonyl (C=S) groups is 1. The SMILES string of the molecule is NC(=S)c1nnn(CC(F)(F)F)c1C(F)F. The van der Waals surface area contributed by atoms with Gasteiger partial charge in [-0.2, -0.15) is 13.2 Å². The Kier molecular flexibility index (Phi) is 3.41. The molecule has 0 aliphatic carbocycles. The highest BCUT2D eigenvalue weighted by molar-refractivity contribution is 7.80. The van der Waals surface area contributed by atoms with Crippen molar-refractivity contribution in [2.75, 3.05) is 0 Å². The van der Waals surface area contributed by atoms with E-state index in [1.807, 2.05) is 0 Å². The molecule has 1 aromatic heterocycles. The van der Waals surface area contributed by atoms with E-state index in [1.54, 1.807) is 0 Å². The van der Waals surface area contributed by atoms with E-state index < -0.39 is 35.5 Å². The smallest absolute Gasteiger partial charge is 0.388 e. The highest BCUT2D eigenvalue weighted by Gasteiger charge is 2.33. The first-order valence-corrected chi connectivity index (χ1v) is 4.21. The zero-order valence-corrected chi connectivity index (χ0v) is 8.32. The molecule has 90 valence electrons. The number of alkyl halides is 5. The number of nitrogens with zero attached hydrogens (tertiary/aromatic N) is 3. The van der Waals surface area contributed by atoms with Crippen molar-refractivity contribution in [3.63, 3.8) is 0 Å². The molecule has 0 spiro atoms. The van der Waals surface area contributed by atoms with Gasteiger partial charge in [0.25, 0.3) is 6.43 Å². The Bertz CT molecular complexity index is 398. The third kappa shape index (κ3) is 2.84. The van der Waals surface area contributed by atoms with E-state index in [2.05, 4.69) is 22.5 Å². The maximum Gasteiger partial charge on any atom is 0.408 e. The van der Waals surface area contributed by atoms with Crippen molar-refractivity contribution in [3.8, 4) is 0 Å². The topological polar surface area (TPSA) is 56.7 Å². The summed E-state index contributed by atoms with van der Waals surface area (Å²) in [5.74, 6) is 0. The van der Waals surface area contributed by atoms with Crippen LogP contribution >= 0.6 is 12.2 Å². The number of aromatic nitrogens is 3. The molecule has 10 heteroatoms. The van der Waals surface area contributed by atoms with E-state index in [9.17, 15) is 22.0 Å². The molecular formula is C6H5F5N4S. The lowest BCUT2D eigenvalue weighted by molar-refractivity contribution is -0.144. The van der Waals surface area contributed by atoms with Crippen LogP contribution in [0.25, 0.3) is 0 Å². The van der Waals surface area contributed by atoms with Crippen molar-refractivity contribution in [1.29, 1.82) is 0 Å². The lowest BCUT2D eigenvalue weighted by Crippen LogP contribution is -2.21. The van der Waals surface area contributed by atoms with Gasteiger partial charge in [-0.1, -0.05) is 17.4 Å². The van der Waals surface area contributed by atoms with E-state index in [0.717, 1.165) is 0 Å². The minimum absolute atomic E-state index is 0.0408. The minimum atomic E-state index is -4.68. The predicted octanol–water partition coefficient (Wildman–Crippen LogP) is 1.41. The number of rotatable bonds is 3. The van der Waals surface area contributed by atoms with Crippen LogP contribution in [0, 0.1) is 0 Å². The van der Waals surface area contributed by atoms with Gasteiger partial charge in [0.15, 0.2) is 0 Å². The van der Waals surface area contributed by atoms with Gasteiger partial charge in [-0.05, 0) is 0 Å². The van der Waals surface area contributed by atoms with Crippen LogP contribution in [0.3, 0.4) is 0 Å². The third-order valence-corrected chi connectivity index (χ3v) is 1.74. The molecule has 0 saturated carbocycles. The first kappa shape index (κ1) is 12.7. The summed E-state index contributed by atoms with van der Waals surface area (Å²) in [5.41, 5.74) is 3.42. The molecule has 1 aromatic rings. The normalized spacial score (nSPS) is 12.1. The van der Waals surface area contributed by atoms with Gasteiger partial charge >= 0.3 is 6.18 Å². The van der Waals surface area contributed by atoms with Gasteiger partial charge in [0.2, 0.25) is 0 Å². The maximum atomic E-state index is 12.5. The van der Waals surface area contributed by atoms with Crippen LogP contribution in [0.1, 0.15) is 17.8 Å². The Morgan fingerprint density at radius 2 is 2.00 bits per heavy atom. The number of hydrogen-bond donors (Lipinski definition) is 1. The fraction of sp³-hybridized carbons (Fsp3) is 0.500. The van der Waals surface area contributed by atoms with Crippen LogP contribution in [0.5, 0.6) is 0 Å². The molecule has 0 radical (unpaired) electrons. The van der Waals surface area contributed by atoms with Crippen molar-refractivity contribution in [3.05, 3.63) is 11.4 Å². The molecule has 0 aliphatic rings. The first-order valence-electron chi connectivity index (χ1n) is 3.80. The number of hydrogen-bond acceptors (Lipinski definition) is 3. The fourth-order valence-corrected chi connectivity index (χ4v) is 1.14. The first-order chi connectivity index (χ1) is 7.22. The summed E-state index contributed by atoms with van der Waals surface area (Å²) in [6, 6.07) is 0. The number of halogens is 5. The molecule has 0 fully saturated rings. The van der Waals surface area contributed by atoms with Crippen LogP contribution in [-0.4, -0.2) is 26.2 Å². The van der Waals surface area contributed by atoms with E-state index in [0.29, 0.717) is 0 Å². The molecule has 0 saturated heterocycles. The molecular weight excluding hydrogens is 255 g/mol. The van der Waals surface area contributed by atoms with E-state index in [-0.39, 0.29) is 4.68 Å². The van der Waals surface area contributed by atoms with Crippen molar-refractivity contribution in [2.24, 2.45) is 5.73 Å². The van der Waals surface area contributed by atoms with Gasteiger partial charge in [0, 0.05) is 0 Å². The second-order valence-electron chi connectivity index (χ2n) is 2.76. The standard InChI is InChI=1S/C6H5F5N4S/c7-4(8)3-2(5(12)16)13-14-15(3)1-6(9,10)11/h4H,1H2,(H2,12,16). The summed E-state index contributed by atoms with van der Waals surface area (Å²) in [7, 11) is 0. The Balaban J connectivity index is 3.16. The summed E-state index contributed by atoms with van der Waals surface area (Å²) >= 11 is 4.37. The quantitative estimate of drug-likeness (QED) is 0.659. The molecule has 1 rings (SSSR count). The van der Waals surface area contributed by atoms with E-state index >= 15 is 0 Å². The highest BCUT2D eigenvalue weighted by atomic mass is 32.1. The predicted molar refractivity (Wildman–Crippen MR) is 46.9 cm³/mol. The Labute approximate surface area is 91.2 Å². The molecule has 0 bridgehead atoms. The molecule has 2 N–H and O–H groups in total. The van der Waals surface area contributed by atoms with Gasteiger partial charge < -0.3 is 5.73 Å². The van der Waals surface area contributed by atoms with E-state index in [1.165, 1.54) is 0 Å². The van der Waals surface area contributed by atoms with Crippen LogP contribution in [0.4, 0.5) is 22.0 Å². The Morgan fingerprint density at radius 1 is 1.44 bits per heavy atom. The van der Waals surface area contributed by atoms with Gasteiger partial charge in [-0.25, -0.2) is 13.5 Å². The van der Waals surface area contributed by atoms with Crippen molar-refractivity contribution >= 4 is 17.2 Å². The summed E-state index contributed by atoms with van der Waals surface area (Å²) in [5, 5.41) is 6.03. The van der Waals surface area contributed by atoms with Gasteiger partial charge in [0.05, 0.1) is 0 Å². The highest BCUT2D eigenvalue weighted by Crippen LogP contribution is 2.25. The molecule has 0 unspecified atom stereocenters. The van der Waals surface area contributed by atoms with Crippen LogP contribution in [0.15, 0.2) is 0 Å². The lowest BCUT2D eigenvalue weighted by atomic mass is 10.3. The monoisotopic (exact) mass is 260 g/mol. The summed E-state index contributed by atoms with van der Waals surface area (Å²) < 4.78 is 61.0. The Morgan fingerprint density at radius 3 is 2.38 bits per heavy atom. The molecule has 0 atom stereocenters. The van der Waals surface area contributed by atoms with Crippen molar-refractivity contribution in [1.82, 2.24) is 15.0 Å². The molecule has 1 heterocycles. The van der Waals surface area contributed by atoms with Crippen molar-refractivity contribution < 1.29 is 22.0 Å². The average molecular weight is 260 g/mol. The maximum absolute atomic E-state index is 12.5. The summed E-state index contributed by atoms with van der Waals surface area (Å²) in [6.45, 7) is -1.66. The third-order valence-electron chi connectivity index (χ3n) is 1.54. The fourth-order valence-electron chi connectivity index (χ4n) is 0.998.